The lowest BCUT2D eigenvalue weighted by Gasteiger charge is -2.25. The van der Waals surface area contributed by atoms with E-state index in [0.717, 1.165) is 45.1 Å². The maximum Gasteiger partial charge on any atom is 0.212 e. The molecular formula is C41H66N10O4S. The van der Waals surface area contributed by atoms with Gasteiger partial charge in [-0.3, -0.25) is 9.89 Å². The van der Waals surface area contributed by atoms with Gasteiger partial charge in [0.25, 0.3) is 0 Å². The molecule has 0 bridgehead atoms. The zero-order valence-electron chi connectivity index (χ0n) is 35.5. The Morgan fingerprint density at radius 1 is 0.732 bits per heavy atom. The summed E-state index contributed by atoms with van der Waals surface area (Å²) in [6.07, 6.45) is 14.5. The minimum absolute atomic E-state index is 0.0252. The molecule has 0 amide bonds. The lowest BCUT2D eigenvalue weighted by molar-refractivity contribution is -0.109. The van der Waals surface area contributed by atoms with Crippen molar-refractivity contribution in [2.75, 3.05) is 12.3 Å². The standard InChI is InChI=1S/C41H66N10O4S/c1-11-13-15-17-19-20-22-24-42-26(3)36-43-45-38-30(34(40(5,6)7)47-50(36)38)28-32(52)29(33(28)53)31-35(41(8,9)10)48-51-37(44-46-39(31)51)27(4)49-56(54,55)25-23-21-18-16-14-12-2/h26-27,42,45,49,52H,11-25H2,1-10H3/b31-29+. The molecule has 5 rings (SSSR count). The highest BCUT2D eigenvalue weighted by Crippen LogP contribution is 2.43. The fourth-order valence-electron chi connectivity index (χ4n) is 7.53. The van der Waals surface area contributed by atoms with Crippen molar-refractivity contribution in [3.8, 4) is 0 Å². The molecule has 0 radical (unpaired) electrons. The number of sulfonamides is 1. The summed E-state index contributed by atoms with van der Waals surface area (Å²) in [5.74, 6) is 0.487. The number of hydrogen-bond donors (Lipinski definition) is 4. The van der Waals surface area contributed by atoms with E-state index in [1.54, 1.807) is 11.4 Å². The number of aliphatic hydroxyl groups excluding tert-OH is 1. The lowest BCUT2D eigenvalue weighted by Crippen LogP contribution is -2.32. The zero-order chi connectivity index (χ0) is 41.0. The van der Waals surface area contributed by atoms with Crippen LogP contribution in [-0.2, 0) is 25.6 Å². The fraction of sp³-hybridized carbons (Fsp3) is 0.707. The number of ketones is 1. The molecule has 4 N–H and O–H groups in total. The van der Waals surface area contributed by atoms with E-state index in [-0.39, 0.29) is 40.1 Å². The summed E-state index contributed by atoms with van der Waals surface area (Å²) in [7, 11) is -3.59. The number of aliphatic hydroxyl groups is 1. The minimum Gasteiger partial charge on any atom is -0.506 e. The molecule has 0 fully saturated rings. The second-order valence-corrected chi connectivity index (χ2v) is 19.6. The summed E-state index contributed by atoms with van der Waals surface area (Å²) >= 11 is 0. The van der Waals surface area contributed by atoms with E-state index in [0.29, 0.717) is 45.9 Å². The molecule has 1 aliphatic rings. The molecule has 15 heteroatoms. The van der Waals surface area contributed by atoms with Gasteiger partial charge in [0.05, 0.1) is 51.2 Å². The van der Waals surface area contributed by atoms with E-state index >= 15 is 0 Å². The number of carbonyl (C=O) groups is 1. The van der Waals surface area contributed by atoms with Crippen molar-refractivity contribution in [1.82, 2.24) is 49.7 Å². The van der Waals surface area contributed by atoms with Gasteiger partial charge in [0.15, 0.2) is 22.9 Å². The van der Waals surface area contributed by atoms with Crippen molar-refractivity contribution in [2.24, 2.45) is 0 Å². The van der Waals surface area contributed by atoms with E-state index in [2.05, 4.69) is 51.2 Å². The monoisotopic (exact) mass is 794 g/mol. The summed E-state index contributed by atoms with van der Waals surface area (Å²) in [5.41, 5.74) is 1.78. The SMILES string of the molecule is CCCCCCCCCNC(C)c1n[nH]c2c(C3=C(O)/C(=c4/c(C(C)(C)C)nn5c(C(C)NS(=O)(=O)CCCCCCCC)nnc45)C3=O)c(C(C)(C)C)nn12. The highest BCUT2D eigenvalue weighted by Gasteiger charge is 2.43. The van der Waals surface area contributed by atoms with Crippen LogP contribution in [0.1, 0.15) is 193 Å². The quantitative estimate of drug-likeness (QED) is 0.0627. The maximum absolute atomic E-state index is 14.4. The van der Waals surface area contributed by atoms with Crippen LogP contribution in [0.15, 0.2) is 5.76 Å². The topological polar surface area (TPSA) is 185 Å². The molecule has 14 nitrogen and oxygen atoms in total. The predicted molar refractivity (Wildman–Crippen MR) is 222 cm³/mol. The van der Waals surface area contributed by atoms with Crippen LogP contribution in [0.3, 0.4) is 0 Å². The molecule has 4 aromatic rings. The summed E-state index contributed by atoms with van der Waals surface area (Å²) in [5, 5.41) is 42.2. The number of aromatic amines is 1. The van der Waals surface area contributed by atoms with Crippen molar-refractivity contribution in [3.63, 3.8) is 0 Å². The smallest absolute Gasteiger partial charge is 0.212 e. The van der Waals surface area contributed by atoms with E-state index in [1.807, 2.05) is 41.5 Å². The number of nitrogens with zero attached hydrogens (tertiary/aromatic N) is 7. The molecule has 1 aliphatic carbocycles. The Kier molecular flexibility index (Phi) is 13.8. The molecule has 56 heavy (non-hydrogen) atoms. The molecular weight excluding hydrogens is 729 g/mol. The van der Waals surface area contributed by atoms with Gasteiger partial charge in [0.1, 0.15) is 5.76 Å². The van der Waals surface area contributed by atoms with Gasteiger partial charge in [0, 0.05) is 10.8 Å². The van der Waals surface area contributed by atoms with Crippen molar-refractivity contribution in [3.05, 3.63) is 39.6 Å². The molecule has 4 heterocycles. The Morgan fingerprint density at radius 3 is 1.89 bits per heavy atom. The van der Waals surface area contributed by atoms with Crippen LogP contribution >= 0.6 is 0 Å². The Bertz CT molecular complexity index is 2180. The van der Waals surface area contributed by atoms with E-state index in [4.69, 9.17) is 10.2 Å². The molecule has 2 unspecified atom stereocenters. The third kappa shape index (κ3) is 9.36. The molecule has 0 saturated carbocycles. The largest absolute Gasteiger partial charge is 0.506 e. The molecule has 0 saturated heterocycles. The highest BCUT2D eigenvalue weighted by atomic mass is 32.2. The van der Waals surface area contributed by atoms with Crippen LogP contribution in [0.25, 0.3) is 22.4 Å². The van der Waals surface area contributed by atoms with Crippen LogP contribution in [-0.4, -0.2) is 71.2 Å². The van der Waals surface area contributed by atoms with Crippen LogP contribution in [0.4, 0.5) is 0 Å². The number of H-pyrrole nitrogens is 1. The van der Waals surface area contributed by atoms with E-state index < -0.39 is 26.9 Å². The number of fused-ring (bicyclic) bond motifs is 2. The summed E-state index contributed by atoms with van der Waals surface area (Å²) in [6.45, 7) is 21.0. The predicted octanol–water partition coefficient (Wildman–Crippen LogP) is 7.25. The second kappa shape index (κ2) is 17.8. The number of rotatable bonds is 21. The van der Waals surface area contributed by atoms with Crippen LogP contribution in [0.5, 0.6) is 0 Å². The number of unbranched alkanes of at least 4 members (excludes halogenated alkanes) is 11. The van der Waals surface area contributed by atoms with Crippen molar-refractivity contribution in [1.29, 1.82) is 0 Å². The molecule has 0 aromatic carbocycles. The normalized spacial score (nSPS) is 16.4. The van der Waals surface area contributed by atoms with Crippen LogP contribution in [0, 0.1) is 0 Å². The number of Topliss-reactive ketones (excluding diaryl/α,β-unsaturated/α-hetero) is 1. The first-order valence-electron chi connectivity index (χ1n) is 20.9. The first kappa shape index (κ1) is 43.4. The zero-order valence-corrected chi connectivity index (χ0v) is 36.3. The highest BCUT2D eigenvalue weighted by molar-refractivity contribution is 7.89. The van der Waals surface area contributed by atoms with Gasteiger partial charge in [-0.25, -0.2) is 13.1 Å². The minimum atomic E-state index is -3.59. The summed E-state index contributed by atoms with van der Waals surface area (Å²) in [4.78, 5) is 14.4. The van der Waals surface area contributed by atoms with Crippen LogP contribution in [0.2, 0.25) is 0 Å². The molecule has 4 aromatic heterocycles. The molecule has 2 atom stereocenters. The van der Waals surface area contributed by atoms with Gasteiger partial charge in [-0.2, -0.15) is 24.3 Å². The molecule has 310 valence electrons. The number of nitrogens with one attached hydrogen (secondary N) is 3. The van der Waals surface area contributed by atoms with Crippen molar-refractivity contribution in [2.45, 2.75) is 176 Å². The van der Waals surface area contributed by atoms with E-state index in [9.17, 15) is 18.3 Å². The third-order valence-corrected chi connectivity index (χ3v) is 12.2. The number of carbonyl (C=O) groups excluding carboxylic acids is 1. The molecule has 0 spiro atoms. The Morgan fingerprint density at radius 2 is 1.30 bits per heavy atom. The average molecular weight is 795 g/mol. The third-order valence-electron chi connectivity index (χ3n) is 10.7. The summed E-state index contributed by atoms with van der Waals surface area (Å²) < 4.78 is 32.1. The van der Waals surface area contributed by atoms with Gasteiger partial charge >= 0.3 is 0 Å². The maximum atomic E-state index is 14.4. The van der Waals surface area contributed by atoms with E-state index in [1.165, 1.54) is 43.0 Å². The Balaban J connectivity index is 1.47. The van der Waals surface area contributed by atoms with Gasteiger partial charge < -0.3 is 10.4 Å². The van der Waals surface area contributed by atoms with Gasteiger partial charge in [-0.1, -0.05) is 126 Å². The van der Waals surface area contributed by atoms with Gasteiger partial charge in [-0.15, -0.1) is 10.2 Å². The average Bonchev–Trinajstić information content (AvgIpc) is 3.89. The lowest BCUT2D eigenvalue weighted by atomic mass is 9.77. The van der Waals surface area contributed by atoms with Gasteiger partial charge in [-0.05, 0) is 33.2 Å². The Hall–Kier alpha value is -3.69. The number of aromatic nitrogens is 8. The summed E-state index contributed by atoms with van der Waals surface area (Å²) in [6, 6.07) is -0.835. The number of hydrogen-bond acceptors (Lipinski definition) is 10. The fourth-order valence-corrected chi connectivity index (χ4v) is 8.87. The first-order chi connectivity index (χ1) is 26.4. The van der Waals surface area contributed by atoms with Gasteiger partial charge in [0.2, 0.25) is 15.8 Å². The molecule has 0 aliphatic heterocycles. The first-order valence-corrected chi connectivity index (χ1v) is 22.6. The van der Waals surface area contributed by atoms with Crippen LogP contribution < -0.4 is 15.3 Å². The number of allylic oxidation sites excluding steroid dienone is 2. The van der Waals surface area contributed by atoms with Crippen molar-refractivity contribution < 1.29 is 18.3 Å². The second-order valence-electron chi connectivity index (χ2n) is 17.7. The van der Waals surface area contributed by atoms with Crippen molar-refractivity contribution >= 4 is 38.2 Å². The Labute approximate surface area is 332 Å².